The van der Waals surface area contributed by atoms with Gasteiger partial charge in [-0.25, -0.2) is 28.6 Å². The number of fused-ring (bicyclic) bond motifs is 1. The van der Waals surface area contributed by atoms with Crippen LogP contribution in [0.15, 0.2) is 12.7 Å². The molecule has 0 aromatic carbocycles. The van der Waals surface area contributed by atoms with E-state index in [0.717, 1.165) is 29.0 Å². The zero-order valence-corrected chi connectivity index (χ0v) is 31.8. The molecule has 3 heterocycles. The Morgan fingerprint density at radius 1 is 1.04 bits per heavy atom. The van der Waals surface area contributed by atoms with Gasteiger partial charge in [-0.15, -0.1) is 0 Å². The average molecular weight is 856 g/mol. The molecule has 0 aliphatic carbocycles. The second-order valence-electron chi connectivity index (χ2n) is 12.0. The third-order valence-electron chi connectivity index (χ3n) is 7.11. The van der Waals surface area contributed by atoms with Crippen molar-refractivity contribution in [2.75, 3.05) is 37.8 Å². The zero-order valence-electron chi connectivity index (χ0n) is 28.3. The van der Waals surface area contributed by atoms with Crippen molar-refractivity contribution < 1.29 is 90.7 Å². The third-order valence-corrected chi connectivity index (χ3v) is 11.1. The second kappa shape index (κ2) is 19.1. The smallest absolute Gasteiger partial charge is 0.386 e. The highest BCUT2D eigenvalue weighted by molar-refractivity contribution is 8.13. The lowest BCUT2D eigenvalue weighted by Gasteiger charge is -2.30. The number of hydrogen-bond acceptors (Lipinski definition) is 20. The normalized spacial score (nSPS) is 22.1. The van der Waals surface area contributed by atoms with Crippen LogP contribution in [-0.2, 0) is 50.7 Å². The Morgan fingerprint density at radius 2 is 1.70 bits per heavy atom. The van der Waals surface area contributed by atoms with Crippen LogP contribution < -0.4 is 16.4 Å². The van der Waals surface area contributed by atoms with E-state index in [9.17, 15) is 57.9 Å². The minimum Gasteiger partial charge on any atom is -0.386 e. The van der Waals surface area contributed by atoms with Gasteiger partial charge >= 0.3 is 23.5 Å². The summed E-state index contributed by atoms with van der Waals surface area (Å²) in [5.74, 6) is -1.44. The number of ether oxygens (including phenoxy) is 1. The number of aliphatic hydroxyl groups excluding tert-OH is 3. The van der Waals surface area contributed by atoms with Gasteiger partial charge in [-0.2, -0.15) is 4.31 Å². The molecular weight excluding hydrogens is 815 g/mol. The van der Waals surface area contributed by atoms with Gasteiger partial charge in [-0.05, 0) is 0 Å². The van der Waals surface area contributed by atoms with Gasteiger partial charge < -0.3 is 61.1 Å². The number of phosphoric ester groups is 3. The molecule has 1 saturated heterocycles. The number of rotatable bonds is 21. The van der Waals surface area contributed by atoms with E-state index in [1.807, 2.05) is 0 Å². The van der Waals surface area contributed by atoms with E-state index in [1.165, 1.54) is 13.8 Å². The standard InChI is InChI=1S/C24H40N7O19P3S/c1-24(2,19(37)22(38)27-4-3-13(32)26-5-6-54-15(35)7-14(33)34)9-47-53(44,45)50-52(42,43)46-8-12-18(49-51(39,40)41)17(36)23(48-12)31-11-30-16-20(25)28-10-29-21(16)31/h10-12,14,17-19,23,33-34,36-37H,3-9H2,1-2H3,(H,26,32)(H,27,38)(H,42,43)(H,44,45)(H2,25,28,29)(H2,39,40,41)/t12-,17-,18-,19+,23-/m1/s1. The van der Waals surface area contributed by atoms with Gasteiger partial charge in [-0.3, -0.25) is 32.5 Å². The largest absolute Gasteiger partial charge is 0.481 e. The van der Waals surface area contributed by atoms with Gasteiger partial charge in [0.2, 0.25) is 11.8 Å². The summed E-state index contributed by atoms with van der Waals surface area (Å²) in [4.78, 5) is 86.6. The van der Waals surface area contributed by atoms with Gasteiger partial charge in [0.15, 0.2) is 29.1 Å². The van der Waals surface area contributed by atoms with Crippen LogP contribution in [0, 0.1) is 5.41 Å². The minimum atomic E-state index is -5.58. The Morgan fingerprint density at radius 3 is 2.35 bits per heavy atom. The molecule has 12 N–H and O–H groups in total. The number of aliphatic hydroxyl groups is 4. The molecule has 2 unspecified atom stereocenters. The van der Waals surface area contributed by atoms with Crippen LogP contribution in [0.4, 0.5) is 5.82 Å². The number of imidazole rings is 1. The lowest BCUT2D eigenvalue weighted by atomic mass is 9.87. The SMILES string of the molecule is CC(C)(COP(=O)(O)OP(=O)(O)OC[C@H]1O[C@@H](n2cnc3c(N)ncnc32)[C@H](O)[C@@H]1OP(=O)(O)O)[C@@H](O)C(=O)NCCC(=O)NCCSC(=O)CC(O)O. The Kier molecular flexibility index (Phi) is 16.2. The van der Waals surface area contributed by atoms with Gasteiger partial charge in [0, 0.05) is 30.7 Å². The first-order valence-electron chi connectivity index (χ1n) is 15.3. The van der Waals surface area contributed by atoms with E-state index >= 15 is 0 Å². The predicted molar refractivity (Wildman–Crippen MR) is 180 cm³/mol. The Bertz CT molecular complexity index is 1780. The molecule has 2 aromatic heterocycles. The molecule has 0 bridgehead atoms. The van der Waals surface area contributed by atoms with E-state index in [0.29, 0.717) is 0 Å². The second-order valence-corrected chi connectivity index (χ2v) is 17.4. The number of aromatic nitrogens is 4. The predicted octanol–water partition coefficient (Wildman–Crippen LogP) is -2.63. The van der Waals surface area contributed by atoms with Crippen LogP contribution in [0.5, 0.6) is 0 Å². The van der Waals surface area contributed by atoms with Crippen molar-refractivity contribution >= 4 is 69.1 Å². The van der Waals surface area contributed by atoms with Crippen molar-refractivity contribution in [3.8, 4) is 0 Å². The molecule has 0 saturated carbocycles. The Labute approximate surface area is 309 Å². The van der Waals surface area contributed by atoms with Gasteiger partial charge in [0.1, 0.15) is 36.3 Å². The lowest BCUT2D eigenvalue weighted by molar-refractivity contribution is -0.137. The van der Waals surface area contributed by atoms with Crippen LogP contribution in [0.2, 0.25) is 0 Å². The molecule has 7 atom stereocenters. The molecule has 1 aliphatic rings. The topological polar surface area (TPSA) is 404 Å². The maximum Gasteiger partial charge on any atom is 0.481 e. The van der Waals surface area contributed by atoms with Crippen LogP contribution in [0.1, 0.15) is 32.9 Å². The number of nitrogens with two attached hydrogens (primary N) is 1. The van der Waals surface area contributed by atoms with Crippen LogP contribution in [0.3, 0.4) is 0 Å². The summed E-state index contributed by atoms with van der Waals surface area (Å²) in [7, 11) is -16.4. The summed E-state index contributed by atoms with van der Waals surface area (Å²) in [5.41, 5.74) is 4.20. The van der Waals surface area contributed by atoms with E-state index < -0.39 is 102 Å². The average Bonchev–Trinajstić information content (AvgIpc) is 3.60. The highest BCUT2D eigenvalue weighted by Crippen LogP contribution is 2.61. The monoisotopic (exact) mass is 855 g/mol. The summed E-state index contributed by atoms with van der Waals surface area (Å²) in [6, 6.07) is 0. The van der Waals surface area contributed by atoms with E-state index in [-0.39, 0.29) is 42.2 Å². The molecule has 306 valence electrons. The molecule has 26 nitrogen and oxygen atoms in total. The van der Waals surface area contributed by atoms with Crippen LogP contribution in [0.25, 0.3) is 11.2 Å². The first kappa shape index (κ1) is 45.9. The van der Waals surface area contributed by atoms with Gasteiger partial charge in [-0.1, -0.05) is 25.6 Å². The van der Waals surface area contributed by atoms with E-state index in [4.69, 9.17) is 29.7 Å². The fourth-order valence-electron chi connectivity index (χ4n) is 4.50. The fourth-order valence-corrected chi connectivity index (χ4v) is 8.03. The van der Waals surface area contributed by atoms with Crippen LogP contribution >= 0.6 is 35.2 Å². The summed E-state index contributed by atoms with van der Waals surface area (Å²) in [6.07, 6.45) is -9.33. The summed E-state index contributed by atoms with van der Waals surface area (Å²) in [6.45, 7) is 0.192. The first-order chi connectivity index (χ1) is 24.9. The van der Waals surface area contributed by atoms with Crippen molar-refractivity contribution in [3.05, 3.63) is 12.7 Å². The molecule has 1 aliphatic heterocycles. The highest BCUT2D eigenvalue weighted by Gasteiger charge is 2.50. The van der Waals surface area contributed by atoms with Gasteiger partial charge in [0.25, 0.3) is 0 Å². The maximum absolute atomic E-state index is 12.6. The number of phosphoric acid groups is 3. The number of hydrogen-bond donors (Lipinski definition) is 11. The van der Waals surface area contributed by atoms with Crippen molar-refractivity contribution in [3.63, 3.8) is 0 Å². The number of nitrogens with zero attached hydrogens (tertiary/aromatic N) is 4. The molecule has 2 aromatic rings. The number of carbonyl (C=O) groups excluding carboxylic acids is 3. The van der Waals surface area contributed by atoms with Crippen molar-refractivity contribution in [1.82, 2.24) is 30.2 Å². The first-order valence-corrected chi connectivity index (χ1v) is 20.8. The molecule has 0 spiro atoms. The molecular formula is C24H40N7O19P3S. The molecule has 30 heteroatoms. The van der Waals surface area contributed by atoms with Gasteiger partial charge in [0.05, 0.1) is 26.0 Å². The number of thioether (sulfide) groups is 1. The Hall–Kier alpha value is -2.52. The Balaban J connectivity index is 1.51. The lowest BCUT2D eigenvalue weighted by Crippen LogP contribution is -2.46. The zero-order chi connectivity index (χ0) is 40.6. The summed E-state index contributed by atoms with van der Waals surface area (Å²) in [5, 5.41) is 43.1. The molecule has 3 rings (SSSR count). The molecule has 54 heavy (non-hydrogen) atoms. The maximum atomic E-state index is 12.6. The van der Waals surface area contributed by atoms with Crippen molar-refractivity contribution in [2.45, 2.75) is 63.6 Å². The summed E-state index contributed by atoms with van der Waals surface area (Å²) >= 11 is 0.779. The quantitative estimate of drug-likeness (QED) is 0.0347. The molecule has 1 fully saturated rings. The van der Waals surface area contributed by atoms with E-state index in [2.05, 4.69) is 34.4 Å². The summed E-state index contributed by atoms with van der Waals surface area (Å²) < 4.78 is 61.8. The number of carbonyl (C=O) groups is 3. The van der Waals surface area contributed by atoms with Crippen LogP contribution in [-0.4, -0.2) is 139 Å². The van der Waals surface area contributed by atoms with Crippen molar-refractivity contribution in [1.29, 1.82) is 0 Å². The highest BCUT2D eigenvalue weighted by atomic mass is 32.2. The molecule has 0 radical (unpaired) electrons. The number of nitrogen functional groups attached to an aromatic ring is 1. The third kappa shape index (κ3) is 13.9. The fraction of sp³-hybridized carbons (Fsp3) is 0.667. The van der Waals surface area contributed by atoms with E-state index in [1.54, 1.807) is 0 Å². The molecule has 2 amide bonds. The van der Waals surface area contributed by atoms with Crippen molar-refractivity contribution in [2.24, 2.45) is 5.41 Å². The minimum absolute atomic E-state index is 0.0204. The number of amides is 2. The number of nitrogens with one attached hydrogen (secondary N) is 2. The number of anilines is 1.